The topological polar surface area (TPSA) is 23.5 Å². The summed E-state index contributed by atoms with van der Waals surface area (Å²) in [6.07, 6.45) is 5.11. The van der Waals surface area contributed by atoms with Gasteiger partial charge in [0.15, 0.2) is 0 Å². The minimum atomic E-state index is 0. The van der Waals surface area contributed by atoms with Crippen LogP contribution in [0.1, 0.15) is 44.1 Å². The number of halogens is 1. The van der Waals surface area contributed by atoms with Crippen LogP contribution in [0.5, 0.6) is 5.75 Å². The monoisotopic (exact) mass is 313 g/mol. The molecule has 0 amide bonds. The van der Waals surface area contributed by atoms with E-state index in [0.29, 0.717) is 11.7 Å². The standard InChI is InChI=1S/C15H23NO.BrH/c1-2-3-9-16-10-5-7-14(12-16)13-6-4-8-15(17)11-13;/h4,6,8,11,14,17H,2-3,5,7,9-10,12H2,1H3;1H. The number of piperidine rings is 1. The Bertz CT molecular complexity index is 356. The smallest absolute Gasteiger partial charge is 0.115 e. The van der Waals surface area contributed by atoms with E-state index in [9.17, 15) is 5.11 Å². The van der Waals surface area contributed by atoms with Gasteiger partial charge in [-0.15, -0.1) is 17.0 Å². The predicted molar refractivity (Wildman–Crippen MR) is 81.8 cm³/mol. The van der Waals surface area contributed by atoms with Crippen molar-refractivity contribution in [2.75, 3.05) is 19.6 Å². The highest BCUT2D eigenvalue weighted by atomic mass is 79.9. The molecule has 2 rings (SSSR count). The average Bonchev–Trinajstić information content (AvgIpc) is 2.37. The summed E-state index contributed by atoms with van der Waals surface area (Å²) < 4.78 is 0. The van der Waals surface area contributed by atoms with Gasteiger partial charge in [-0.05, 0) is 56.0 Å². The fourth-order valence-corrected chi connectivity index (χ4v) is 2.69. The zero-order chi connectivity index (χ0) is 12.1. The van der Waals surface area contributed by atoms with E-state index in [1.54, 1.807) is 6.07 Å². The third-order valence-electron chi connectivity index (χ3n) is 3.68. The quantitative estimate of drug-likeness (QED) is 0.909. The molecule has 1 heterocycles. The minimum absolute atomic E-state index is 0. The van der Waals surface area contributed by atoms with Crippen LogP contribution in [0.3, 0.4) is 0 Å². The zero-order valence-electron chi connectivity index (χ0n) is 11.1. The first-order chi connectivity index (χ1) is 8.29. The van der Waals surface area contributed by atoms with Gasteiger partial charge in [0, 0.05) is 6.54 Å². The maximum absolute atomic E-state index is 9.54. The van der Waals surface area contributed by atoms with E-state index in [2.05, 4.69) is 17.9 Å². The normalized spacial score (nSPS) is 20.4. The SMILES string of the molecule is Br.CCCCN1CCCC(c2cccc(O)c2)C1. The number of phenolic OH excluding ortho intramolecular Hbond substituents is 1. The molecule has 0 aliphatic carbocycles. The first kappa shape index (κ1) is 15.5. The Hall–Kier alpha value is -0.540. The molecule has 1 N–H and O–H groups in total. The van der Waals surface area contributed by atoms with E-state index in [1.807, 2.05) is 12.1 Å². The molecular weight excluding hydrogens is 290 g/mol. The molecule has 1 aromatic carbocycles. The number of hydrogen-bond donors (Lipinski definition) is 1. The number of phenols is 1. The van der Waals surface area contributed by atoms with Gasteiger partial charge in [0.25, 0.3) is 0 Å². The van der Waals surface area contributed by atoms with Gasteiger partial charge in [-0.3, -0.25) is 0 Å². The average molecular weight is 314 g/mol. The Morgan fingerprint density at radius 3 is 2.94 bits per heavy atom. The number of unbranched alkanes of at least 4 members (excludes halogenated alkanes) is 1. The Kier molecular flexibility index (Phi) is 6.72. The van der Waals surface area contributed by atoms with Gasteiger partial charge in [-0.1, -0.05) is 25.5 Å². The molecule has 1 aliphatic heterocycles. The van der Waals surface area contributed by atoms with E-state index in [1.165, 1.54) is 44.3 Å². The van der Waals surface area contributed by atoms with Crippen molar-refractivity contribution < 1.29 is 5.11 Å². The Balaban J connectivity index is 0.00000162. The van der Waals surface area contributed by atoms with Crippen molar-refractivity contribution in [1.82, 2.24) is 4.90 Å². The molecule has 1 saturated heterocycles. The lowest BCUT2D eigenvalue weighted by atomic mass is 9.90. The molecule has 0 saturated carbocycles. The number of hydrogen-bond acceptors (Lipinski definition) is 2. The number of likely N-dealkylation sites (tertiary alicyclic amines) is 1. The second-order valence-corrected chi connectivity index (χ2v) is 5.09. The van der Waals surface area contributed by atoms with Crippen LogP contribution in [0.15, 0.2) is 24.3 Å². The van der Waals surface area contributed by atoms with E-state index in [0.717, 1.165) is 6.54 Å². The van der Waals surface area contributed by atoms with Crippen molar-refractivity contribution in [3.8, 4) is 5.75 Å². The first-order valence-corrected chi connectivity index (χ1v) is 6.81. The summed E-state index contributed by atoms with van der Waals surface area (Å²) in [6.45, 7) is 5.88. The van der Waals surface area contributed by atoms with Gasteiger partial charge >= 0.3 is 0 Å². The second-order valence-electron chi connectivity index (χ2n) is 5.09. The van der Waals surface area contributed by atoms with Gasteiger partial charge < -0.3 is 10.0 Å². The molecule has 1 fully saturated rings. The minimum Gasteiger partial charge on any atom is -0.508 e. The summed E-state index contributed by atoms with van der Waals surface area (Å²) in [4.78, 5) is 2.57. The third-order valence-corrected chi connectivity index (χ3v) is 3.68. The van der Waals surface area contributed by atoms with Gasteiger partial charge in [-0.25, -0.2) is 0 Å². The van der Waals surface area contributed by atoms with E-state index in [-0.39, 0.29) is 17.0 Å². The maximum Gasteiger partial charge on any atom is 0.115 e. The third kappa shape index (κ3) is 4.29. The van der Waals surface area contributed by atoms with Crippen LogP contribution in [0.2, 0.25) is 0 Å². The van der Waals surface area contributed by atoms with Crippen LogP contribution >= 0.6 is 17.0 Å². The highest BCUT2D eigenvalue weighted by Gasteiger charge is 2.20. The molecule has 1 atom stereocenters. The van der Waals surface area contributed by atoms with Crippen molar-refractivity contribution in [2.24, 2.45) is 0 Å². The van der Waals surface area contributed by atoms with Crippen molar-refractivity contribution >= 4 is 17.0 Å². The lowest BCUT2D eigenvalue weighted by Gasteiger charge is -2.33. The molecule has 2 nitrogen and oxygen atoms in total. The summed E-state index contributed by atoms with van der Waals surface area (Å²) >= 11 is 0. The molecule has 3 heteroatoms. The largest absolute Gasteiger partial charge is 0.508 e. The number of benzene rings is 1. The van der Waals surface area contributed by atoms with E-state index in [4.69, 9.17) is 0 Å². The fraction of sp³-hybridized carbons (Fsp3) is 0.600. The first-order valence-electron chi connectivity index (χ1n) is 6.81. The maximum atomic E-state index is 9.54. The molecule has 0 radical (unpaired) electrons. The lowest BCUT2D eigenvalue weighted by Crippen LogP contribution is -2.35. The molecule has 1 aliphatic rings. The van der Waals surface area contributed by atoms with Crippen molar-refractivity contribution in [1.29, 1.82) is 0 Å². The Morgan fingerprint density at radius 2 is 2.22 bits per heavy atom. The van der Waals surface area contributed by atoms with Gasteiger partial charge in [0.2, 0.25) is 0 Å². The molecule has 0 spiro atoms. The Morgan fingerprint density at radius 1 is 1.39 bits per heavy atom. The van der Waals surface area contributed by atoms with Crippen LogP contribution in [0.4, 0.5) is 0 Å². The summed E-state index contributed by atoms with van der Waals surface area (Å²) in [5.41, 5.74) is 1.30. The van der Waals surface area contributed by atoms with Crippen LogP contribution in [0.25, 0.3) is 0 Å². The van der Waals surface area contributed by atoms with Crippen LogP contribution in [0, 0.1) is 0 Å². The fourth-order valence-electron chi connectivity index (χ4n) is 2.69. The molecular formula is C15H24BrNO. The lowest BCUT2D eigenvalue weighted by molar-refractivity contribution is 0.205. The molecule has 18 heavy (non-hydrogen) atoms. The summed E-state index contributed by atoms with van der Waals surface area (Å²) in [5.74, 6) is 1.00. The van der Waals surface area contributed by atoms with Gasteiger partial charge in [0.05, 0.1) is 0 Å². The molecule has 0 bridgehead atoms. The predicted octanol–water partition coefficient (Wildman–Crippen LogP) is 3.95. The highest BCUT2D eigenvalue weighted by Crippen LogP contribution is 2.28. The van der Waals surface area contributed by atoms with Gasteiger partial charge in [-0.2, -0.15) is 0 Å². The van der Waals surface area contributed by atoms with Crippen molar-refractivity contribution in [3.05, 3.63) is 29.8 Å². The van der Waals surface area contributed by atoms with Gasteiger partial charge in [0.1, 0.15) is 5.75 Å². The van der Waals surface area contributed by atoms with Crippen LogP contribution in [-0.4, -0.2) is 29.6 Å². The van der Waals surface area contributed by atoms with Crippen LogP contribution < -0.4 is 0 Å². The van der Waals surface area contributed by atoms with Crippen LogP contribution in [-0.2, 0) is 0 Å². The van der Waals surface area contributed by atoms with Crippen molar-refractivity contribution in [3.63, 3.8) is 0 Å². The van der Waals surface area contributed by atoms with E-state index >= 15 is 0 Å². The summed E-state index contributed by atoms with van der Waals surface area (Å²) in [5, 5.41) is 9.54. The molecule has 0 aromatic heterocycles. The Labute approximate surface area is 121 Å². The molecule has 1 aromatic rings. The van der Waals surface area contributed by atoms with Crippen molar-refractivity contribution in [2.45, 2.75) is 38.5 Å². The zero-order valence-corrected chi connectivity index (χ0v) is 12.9. The second kappa shape index (κ2) is 7.80. The summed E-state index contributed by atoms with van der Waals surface area (Å²) in [7, 11) is 0. The van der Waals surface area contributed by atoms with E-state index < -0.39 is 0 Å². The molecule has 1 unspecified atom stereocenters. The summed E-state index contributed by atoms with van der Waals surface area (Å²) in [6, 6.07) is 7.78. The number of nitrogens with zero attached hydrogens (tertiary/aromatic N) is 1. The molecule has 102 valence electrons. The number of aromatic hydroxyl groups is 1. The highest BCUT2D eigenvalue weighted by molar-refractivity contribution is 8.93. The number of rotatable bonds is 4.